The molecule has 2 atom stereocenters. The van der Waals surface area contributed by atoms with Gasteiger partial charge in [0.25, 0.3) is 0 Å². The van der Waals surface area contributed by atoms with E-state index in [1.807, 2.05) is 44.2 Å². The van der Waals surface area contributed by atoms with Gasteiger partial charge in [-0.15, -0.1) is 4.41 Å². The van der Waals surface area contributed by atoms with Crippen LogP contribution < -0.4 is 10.9 Å². The van der Waals surface area contributed by atoms with Gasteiger partial charge in [-0.25, -0.2) is 13.9 Å². The Morgan fingerprint density at radius 1 is 1.11 bits per heavy atom. The first-order chi connectivity index (χ1) is 17.0. The van der Waals surface area contributed by atoms with Crippen molar-refractivity contribution in [2.45, 2.75) is 26.7 Å². The van der Waals surface area contributed by atoms with E-state index in [1.54, 1.807) is 17.6 Å². The average molecular weight is 525 g/mol. The van der Waals surface area contributed by atoms with Crippen molar-refractivity contribution in [3.8, 4) is 0 Å². The number of rotatable bonds is 12. The van der Waals surface area contributed by atoms with E-state index in [0.717, 1.165) is 11.8 Å². The first-order valence-electron chi connectivity index (χ1n) is 11.8. The second-order valence-corrected chi connectivity index (χ2v) is 11.0. The fourth-order valence-electron chi connectivity index (χ4n) is 3.89. The van der Waals surface area contributed by atoms with Gasteiger partial charge in [-0.05, 0) is 24.3 Å². The van der Waals surface area contributed by atoms with Gasteiger partial charge in [0.1, 0.15) is 6.54 Å². The van der Waals surface area contributed by atoms with E-state index in [9.17, 15) is 28.0 Å². The number of morpholine rings is 1. The summed E-state index contributed by atoms with van der Waals surface area (Å²) in [6.07, 6.45) is 4.78. The van der Waals surface area contributed by atoms with Crippen molar-refractivity contribution in [3.05, 3.63) is 42.0 Å². The molecule has 1 fully saturated rings. The lowest BCUT2D eigenvalue weighted by Gasteiger charge is -2.31. The van der Waals surface area contributed by atoms with Crippen molar-refractivity contribution >= 4 is 33.8 Å². The van der Waals surface area contributed by atoms with Crippen molar-refractivity contribution in [2.75, 3.05) is 39.1 Å². The molecule has 11 nitrogen and oxygen atoms in total. The fraction of sp³-hybridized carbons (Fsp3) is 0.542. The summed E-state index contributed by atoms with van der Waals surface area (Å²) in [7, 11) is -4.00. The molecule has 0 radical (unpaired) electrons. The van der Waals surface area contributed by atoms with Gasteiger partial charge in [-0.3, -0.25) is 25.0 Å². The maximum Gasteiger partial charge on any atom is 0.247 e. The largest absolute Gasteiger partial charge is 0.378 e. The number of hydrogen-bond acceptors (Lipinski definition) is 7. The number of amides is 3. The fourth-order valence-corrected chi connectivity index (χ4v) is 4.50. The Hall–Kier alpha value is -2.80. The molecule has 2 rings (SSSR count). The van der Waals surface area contributed by atoms with Gasteiger partial charge in [-0.1, -0.05) is 56.3 Å². The SMILES string of the molecule is CC(C)C[C@@H](C(=O)NN(CC(=O)N1CCOCC1)S(C)(=O)=O)[C@H](CC=Cc1ccccc1)C(=O)NO. The number of allylic oxidation sites excluding steroid dienone is 1. The van der Waals surface area contributed by atoms with Crippen LogP contribution in [0.3, 0.4) is 0 Å². The molecule has 1 aliphatic heterocycles. The number of sulfonamides is 1. The molecule has 1 aliphatic rings. The summed E-state index contributed by atoms with van der Waals surface area (Å²) in [5.41, 5.74) is 4.86. The van der Waals surface area contributed by atoms with Crippen molar-refractivity contribution in [2.24, 2.45) is 17.8 Å². The Labute approximate surface area is 212 Å². The van der Waals surface area contributed by atoms with Gasteiger partial charge in [-0.2, -0.15) is 0 Å². The Bertz CT molecular complexity index is 1010. The van der Waals surface area contributed by atoms with E-state index in [2.05, 4.69) is 5.43 Å². The molecule has 200 valence electrons. The number of nitrogens with one attached hydrogen (secondary N) is 2. The lowest BCUT2D eigenvalue weighted by atomic mass is 9.82. The number of hydrazine groups is 1. The topological polar surface area (TPSA) is 145 Å². The molecule has 36 heavy (non-hydrogen) atoms. The van der Waals surface area contributed by atoms with Crippen LogP contribution in [0, 0.1) is 17.8 Å². The third-order valence-electron chi connectivity index (χ3n) is 5.77. The molecule has 1 aromatic rings. The molecule has 0 bridgehead atoms. The van der Waals surface area contributed by atoms with Crippen LogP contribution in [0.1, 0.15) is 32.3 Å². The zero-order chi connectivity index (χ0) is 26.7. The molecule has 1 aromatic carbocycles. The predicted octanol–water partition coefficient (Wildman–Crippen LogP) is 1.03. The molecule has 3 amide bonds. The summed E-state index contributed by atoms with van der Waals surface area (Å²) in [6, 6.07) is 9.37. The van der Waals surface area contributed by atoms with Gasteiger partial charge >= 0.3 is 0 Å². The number of carbonyl (C=O) groups is 3. The average Bonchev–Trinajstić information content (AvgIpc) is 2.85. The molecular weight excluding hydrogens is 488 g/mol. The highest BCUT2D eigenvalue weighted by atomic mass is 32.2. The van der Waals surface area contributed by atoms with E-state index in [1.165, 1.54) is 4.90 Å². The minimum absolute atomic E-state index is 0.0190. The quantitative estimate of drug-likeness (QED) is 0.273. The number of carbonyl (C=O) groups excluding carboxylic acids is 3. The number of hydrogen-bond donors (Lipinski definition) is 3. The summed E-state index contributed by atoms with van der Waals surface area (Å²) in [5.74, 6) is -3.93. The van der Waals surface area contributed by atoms with E-state index < -0.39 is 46.1 Å². The second kappa shape index (κ2) is 14.1. The van der Waals surface area contributed by atoms with Gasteiger partial charge in [0, 0.05) is 13.1 Å². The predicted molar refractivity (Wildman–Crippen MR) is 134 cm³/mol. The highest BCUT2D eigenvalue weighted by Crippen LogP contribution is 2.26. The summed E-state index contributed by atoms with van der Waals surface area (Å²) >= 11 is 0. The van der Waals surface area contributed by atoms with Crippen LogP contribution in [0.15, 0.2) is 36.4 Å². The number of hydroxylamine groups is 1. The third-order valence-corrected chi connectivity index (χ3v) is 6.79. The van der Waals surface area contributed by atoms with Crippen LogP contribution in [0.5, 0.6) is 0 Å². The van der Waals surface area contributed by atoms with E-state index >= 15 is 0 Å². The number of nitrogens with zero attached hydrogens (tertiary/aromatic N) is 2. The van der Waals surface area contributed by atoms with Crippen LogP contribution in [0.2, 0.25) is 0 Å². The maximum atomic E-state index is 13.3. The molecule has 0 unspecified atom stereocenters. The minimum atomic E-state index is -4.00. The zero-order valence-electron chi connectivity index (χ0n) is 20.9. The Morgan fingerprint density at radius 3 is 2.31 bits per heavy atom. The summed E-state index contributed by atoms with van der Waals surface area (Å²) < 4.78 is 30.6. The molecule has 12 heteroatoms. The summed E-state index contributed by atoms with van der Waals surface area (Å²) in [5, 5.41) is 9.34. The second-order valence-electron chi connectivity index (χ2n) is 9.11. The smallest absolute Gasteiger partial charge is 0.247 e. The van der Waals surface area contributed by atoms with Crippen molar-refractivity contribution in [1.82, 2.24) is 20.2 Å². The number of benzene rings is 1. The number of ether oxygens (including phenoxy) is 1. The maximum absolute atomic E-state index is 13.3. The third kappa shape index (κ3) is 9.34. The van der Waals surface area contributed by atoms with Crippen LogP contribution in [-0.2, 0) is 29.1 Å². The van der Waals surface area contributed by atoms with Crippen LogP contribution in [0.4, 0.5) is 0 Å². The molecule has 1 saturated heterocycles. The van der Waals surface area contributed by atoms with E-state index in [0.29, 0.717) is 30.7 Å². The lowest BCUT2D eigenvalue weighted by Crippen LogP contribution is -2.54. The van der Waals surface area contributed by atoms with Crippen LogP contribution >= 0.6 is 0 Å². The van der Waals surface area contributed by atoms with Crippen LogP contribution in [-0.4, -0.2) is 79.8 Å². The van der Waals surface area contributed by atoms with Gasteiger partial charge in [0.15, 0.2) is 0 Å². The monoisotopic (exact) mass is 524 g/mol. The van der Waals surface area contributed by atoms with Crippen molar-refractivity contribution < 1.29 is 32.7 Å². The van der Waals surface area contributed by atoms with Gasteiger partial charge < -0.3 is 9.64 Å². The van der Waals surface area contributed by atoms with Crippen molar-refractivity contribution in [3.63, 3.8) is 0 Å². The highest BCUT2D eigenvalue weighted by Gasteiger charge is 2.36. The van der Waals surface area contributed by atoms with Crippen LogP contribution in [0.25, 0.3) is 6.08 Å². The molecule has 0 aliphatic carbocycles. The zero-order valence-corrected chi connectivity index (χ0v) is 21.7. The van der Waals surface area contributed by atoms with E-state index in [-0.39, 0.29) is 18.8 Å². The summed E-state index contributed by atoms with van der Waals surface area (Å²) in [4.78, 5) is 40.0. The molecule has 1 heterocycles. The normalized spacial score (nSPS) is 16.2. The lowest BCUT2D eigenvalue weighted by molar-refractivity contribution is -0.143. The Morgan fingerprint density at radius 2 is 1.75 bits per heavy atom. The molecule has 3 N–H and O–H groups in total. The summed E-state index contributed by atoms with van der Waals surface area (Å²) in [6.45, 7) is 4.50. The molecule has 0 aromatic heterocycles. The minimum Gasteiger partial charge on any atom is -0.378 e. The molecule has 0 saturated carbocycles. The van der Waals surface area contributed by atoms with E-state index in [4.69, 9.17) is 4.74 Å². The first kappa shape index (κ1) is 29.4. The van der Waals surface area contributed by atoms with Crippen molar-refractivity contribution in [1.29, 1.82) is 0 Å². The molecular formula is C24H36N4O7S. The van der Waals surface area contributed by atoms with Gasteiger partial charge in [0.2, 0.25) is 27.7 Å². The Kier molecular flexibility index (Phi) is 11.5. The first-order valence-corrected chi connectivity index (χ1v) is 13.7. The highest BCUT2D eigenvalue weighted by molar-refractivity contribution is 7.88. The Balaban J connectivity index is 2.23. The van der Waals surface area contributed by atoms with Gasteiger partial charge in [0.05, 0.1) is 31.3 Å². The molecule has 0 spiro atoms. The standard InChI is InChI=1S/C24H36N4O7S/c1-18(2)16-21(20(24(31)26-32)11-7-10-19-8-5-4-6-9-19)23(30)25-28(36(3,33)34)17-22(29)27-12-14-35-15-13-27/h4-10,18,20-21,32H,11-17H2,1-3H3,(H,25,30)(H,26,31)/t20-,21+/m0/s1.